The third-order valence-electron chi connectivity index (χ3n) is 5.49. The van der Waals surface area contributed by atoms with Gasteiger partial charge < -0.3 is 10.6 Å². The normalized spacial score (nSPS) is 11.1. The van der Waals surface area contributed by atoms with Gasteiger partial charge in [0.1, 0.15) is 0 Å². The standard InChI is InChI=1S/C26H24N6O/c1-2-13-28-26(33)16-19-17-32(23-8-4-3-7-21(19)23)25-12-11-24(30-31-25)29-20-9-10-22-18(15-20)6-5-14-27-22/h3-12,14-15,17H,2,13,16H2,1H3,(H,28,33)(H,29,30). The molecule has 0 bridgehead atoms. The molecule has 164 valence electrons. The van der Waals surface area contributed by atoms with Gasteiger partial charge in [0.05, 0.1) is 17.5 Å². The Bertz CT molecular complexity index is 1420. The van der Waals surface area contributed by atoms with E-state index in [0.29, 0.717) is 24.6 Å². The number of aromatic nitrogens is 4. The minimum atomic E-state index is 0.0240. The molecule has 0 aliphatic rings. The van der Waals surface area contributed by atoms with Gasteiger partial charge >= 0.3 is 0 Å². The van der Waals surface area contributed by atoms with Crippen LogP contribution >= 0.6 is 0 Å². The van der Waals surface area contributed by atoms with E-state index in [2.05, 4.69) is 25.8 Å². The SMILES string of the molecule is CCCNC(=O)Cc1cn(-c2ccc(Nc3ccc4ncccc4c3)nn2)c2ccccc12. The first-order valence-corrected chi connectivity index (χ1v) is 11.0. The van der Waals surface area contributed by atoms with Crippen LogP contribution in [0, 0.1) is 0 Å². The van der Waals surface area contributed by atoms with Crippen molar-refractivity contribution in [3.05, 3.63) is 84.7 Å². The lowest BCUT2D eigenvalue weighted by Crippen LogP contribution is -2.25. The minimum Gasteiger partial charge on any atom is -0.356 e. The van der Waals surface area contributed by atoms with Crippen LogP contribution in [0.25, 0.3) is 27.6 Å². The summed E-state index contributed by atoms with van der Waals surface area (Å²) in [4.78, 5) is 16.7. The zero-order chi connectivity index (χ0) is 22.6. The molecule has 5 rings (SSSR count). The number of nitrogens with one attached hydrogen (secondary N) is 2. The fourth-order valence-corrected chi connectivity index (χ4v) is 3.90. The Balaban J connectivity index is 1.40. The van der Waals surface area contributed by atoms with E-state index in [0.717, 1.165) is 39.5 Å². The van der Waals surface area contributed by atoms with Crippen molar-refractivity contribution in [3.63, 3.8) is 0 Å². The van der Waals surface area contributed by atoms with Crippen molar-refractivity contribution < 1.29 is 4.79 Å². The number of benzene rings is 2. The highest BCUT2D eigenvalue weighted by molar-refractivity contribution is 5.90. The van der Waals surface area contributed by atoms with Crippen molar-refractivity contribution in [2.45, 2.75) is 19.8 Å². The molecule has 1 amide bonds. The molecule has 0 fully saturated rings. The lowest BCUT2D eigenvalue weighted by atomic mass is 10.1. The van der Waals surface area contributed by atoms with Crippen molar-refractivity contribution in [1.29, 1.82) is 0 Å². The number of para-hydroxylation sites is 1. The smallest absolute Gasteiger partial charge is 0.224 e. The maximum atomic E-state index is 12.3. The molecule has 5 aromatic rings. The van der Waals surface area contributed by atoms with Gasteiger partial charge in [0.25, 0.3) is 0 Å². The Kier molecular flexibility index (Phi) is 5.68. The van der Waals surface area contributed by atoms with Crippen molar-refractivity contribution >= 4 is 39.2 Å². The number of anilines is 2. The second-order valence-corrected chi connectivity index (χ2v) is 7.88. The van der Waals surface area contributed by atoms with Crippen LogP contribution in [0.3, 0.4) is 0 Å². The van der Waals surface area contributed by atoms with E-state index in [-0.39, 0.29) is 5.91 Å². The monoisotopic (exact) mass is 436 g/mol. The average molecular weight is 437 g/mol. The predicted molar refractivity (Wildman–Crippen MR) is 131 cm³/mol. The van der Waals surface area contributed by atoms with Gasteiger partial charge in [-0.05, 0) is 54.4 Å². The number of nitrogens with zero attached hydrogens (tertiary/aromatic N) is 4. The molecule has 7 nitrogen and oxygen atoms in total. The lowest BCUT2D eigenvalue weighted by Gasteiger charge is -2.08. The van der Waals surface area contributed by atoms with Crippen LogP contribution in [0.4, 0.5) is 11.5 Å². The van der Waals surface area contributed by atoms with Gasteiger partial charge in [-0.2, -0.15) is 0 Å². The summed E-state index contributed by atoms with van der Waals surface area (Å²) in [5.74, 6) is 1.37. The molecule has 2 aromatic carbocycles. The molecule has 2 N–H and O–H groups in total. The fraction of sp³-hybridized carbons (Fsp3) is 0.154. The Morgan fingerprint density at radius 2 is 1.91 bits per heavy atom. The molecule has 0 saturated carbocycles. The zero-order valence-corrected chi connectivity index (χ0v) is 18.3. The van der Waals surface area contributed by atoms with E-state index in [9.17, 15) is 4.79 Å². The average Bonchev–Trinajstić information content (AvgIpc) is 3.21. The van der Waals surface area contributed by atoms with Gasteiger partial charge in [0, 0.05) is 35.4 Å². The lowest BCUT2D eigenvalue weighted by molar-refractivity contribution is -0.120. The highest BCUT2D eigenvalue weighted by Gasteiger charge is 2.13. The van der Waals surface area contributed by atoms with Crippen LogP contribution in [0.2, 0.25) is 0 Å². The summed E-state index contributed by atoms with van der Waals surface area (Å²) in [5.41, 5.74) is 3.83. The maximum absolute atomic E-state index is 12.3. The second kappa shape index (κ2) is 9.08. The maximum Gasteiger partial charge on any atom is 0.224 e. The third kappa shape index (κ3) is 4.39. The summed E-state index contributed by atoms with van der Waals surface area (Å²) < 4.78 is 1.98. The van der Waals surface area contributed by atoms with Gasteiger partial charge in [0.15, 0.2) is 11.6 Å². The predicted octanol–water partition coefficient (Wildman–Crippen LogP) is 4.78. The van der Waals surface area contributed by atoms with E-state index in [4.69, 9.17) is 0 Å². The first kappa shape index (κ1) is 20.6. The first-order valence-electron chi connectivity index (χ1n) is 11.0. The zero-order valence-electron chi connectivity index (χ0n) is 18.3. The molecule has 0 spiro atoms. The highest BCUT2D eigenvalue weighted by Crippen LogP contribution is 2.25. The molecule has 0 unspecified atom stereocenters. The third-order valence-corrected chi connectivity index (χ3v) is 5.49. The van der Waals surface area contributed by atoms with E-state index in [1.165, 1.54) is 0 Å². The van der Waals surface area contributed by atoms with Crippen LogP contribution in [-0.2, 0) is 11.2 Å². The van der Waals surface area contributed by atoms with Gasteiger partial charge in [-0.3, -0.25) is 14.3 Å². The molecule has 33 heavy (non-hydrogen) atoms. The number of rotatable bonds is 7. The Morgan fingerprint density at radius 3 is 2.76 bits per heavy atom. The summed E-state index contributed by atoms with van der Waals surface area (Å²) in [6.07, 6.45) is 5.01. The van der Waals surface area contributed by atoms with Gasteiger partial charge in [0.2, 0.25) is 5.91 Å². The van der Waals surface area contributed by atoms with Gasteiger partial charge in [-0.25, -0.2) is 0 Å². The summed E-state index contributed by atoms with van der Waals surface area (Å²) in [6, 6.07) is 21.8. The van der Waals surface area contributed by atoms with Crippen molar-refractivity contribution in [3.8, 4) is 5.82 Å². The molecule has 0 aliphatic carbocycles. The van der Waals surface area contributed by atoms with Crippen LogP contribution in [-0.4, -0.2) is 32.2 Å². The summed E-state index contributed by atoms with van der Waals surface area (Å²) >= 11 is 0. The molecular weight excluding hydrogens is 412 g/mol. The molecule has 0 aliphatic heterocycles. The van der Waals surface area contributed by atoms with Crippen LogP contribution in [0.1, 0.15) is 18.9 Å². The molecule has 0 saturated heterocycles. The largest absolute Gasteiger partial charge is 0.356 e. The fourth-order valence-electron chi connectivity index (χ4n) is 3.90. The number of fused-ring (bicyclic) bond motifs is 2. The quantitative estimate of drug-likeness (QED) is 0.384. The number of pyridine rings is 1. The summed E-state index contributed by atoms with van der Waals surface area (Å²) in [6.45, 7) is 2.73. The molecule has 3 heterocycles. The van der Waals surface area contributed by atoms with Crippen LogP contribution < -0.4 is 10.6 Å². The van der Waals surface area contributed by atoms with E-state index in [1.807, 2.05) is 84.4 Å². The van der Waals surface area contributed by atoms with Crippen LogP contribution in [0.5, 0.6) is 0 Å². The Morgan fingerprint density at radius 1 is 1.00 bits per heavy atom. The first-order chi connectivity index (χ1) is 16.2. The number of hydrogen-bond donors (Lipinski definition) is 2. The van der Waals surface area contributed by atoms with Crippen molar-refractivity contribution in [2.75, 3.05) is 11.9 Å². The molecular formula is C26H24N6O. The van der Waals surface area contributed by atoms with Crippen molar-refractivity contribution in [2.24, 2.45) is 0 Å². The summed E-state index contributed by atoms with van der Waals surface area (Å²) in [7, 11) is 0. The number of carbonyl (C=O) groups is 1. The molecule has 0 atom stereocenters. The van der Waals surface area contributed by atoms with E-state index >= 15 is 0 Å². The number of carbonyl (C=O) groups excluding carboxylic acids is 1. The van der Waals surface area contributed by atoms with Crippen molar-refractivity contribution in [1.82, 2.24) is 25.1 Å². The van der Waals surface area contributed by atoms with E-state index < -0.39 is 0 Å². The van der Waals surface area contributed by atoms with Gasteiger partial charge in [-0.15, -0.1) is 10.2 Å². The Labute approximate surface area is 191 Å². The number of amides is 1. The summed E-state index contributed by atoms with van der Waals surface area (Å²) in [5, 5.41) is 17.2. The Hall–Kier alpha value is -4.26. The highest BCUT2D eigenvalue weighted by atomic mass is 16.1. The van der Waals surface area contributed by atoms with Gasteiger partial charge in [-0.1, -0.05) is 31.2 Å². The number of hydrogen-bond acceptors (Lipinski definition) is 5. The molecule has 0 radical (unpaired) electrons. The molecule has 3 aromatic heterocycles. The minimum absolute atomic E-state index is 0.0240. The molecule has 7 heteroatoms. The topological polar surface area (TPSA) is 84.7 Å². The van der Waals surface area contributed by atoms with E-state index in [1.54, 1.807) is 6.20 Å². The van der Waals surface area contributed by atoms with Crippen LogP contribution in [0.15, 0.2) is 79.1 Å². The second-order valence-electron chi connectivity index (χ2n) is 7.88.